The van der Waals surface area contributed by atoms with Gasteiger partial charge in [-0.1, -0.05) is 24.3 Å². The Morgan fingerprint density at radius 2 is 1.90 bits per heavy atom. The van der Waals surface area contributed by atoms with Crippen LogP contribution in [0.15, 0.2) is 47.8 Å². The molecule has 0 radical (unpaired) electrons. The number of hydrogen-bond donors (Lipinski definition) is 0. The molecule has 29 heavy (non-hydrogen) atoms. The molecule has 150 valence electrons. The van der Waals surface area contributed by atoms with Gasteiger partial charge in [0.25, 0.3) is 5.91 Å². The molecule has 1 aliphatic rings. The van der Waals surface area contributed by atoms with Crippen molar-refractivity contribution < 1.29 is 14.3 Å². The summed E-state index contributed by atoms with van der Waals surface area (Å²) in [6.07, 6.45) is 1.20. The third kappa shape index (κ3) is 4.07. The zero-order valence-corrected chi connectivity index (χ0v) is 17.0. The summed E-state index contributed by atoms with van der Waals surface area (Å²) in [5, 5.41) is 6.50. The first-order chi connectivity index (χ1) is 14.2. The van der Waals surface area contributed by atoms with Crippen LogP contribution in [0, 0.1) is 5.92 Å². The second kappa shape index (κ2) is 8.57. The van der Waals surface area contributed by atoms with Gasteiger partial charge >= 0.3 is 5.97 Å². The van der Waals surface area contributed by atoms with Crippen LogP contribution in [-0.4, -0.2) is 51.2 Å². The second-order valence-corrected chi connectivity index (χ2v) is 7.75. The smallest absolute Gasteiger partial charge is 0.309 e. The van der Waals surface area contributed by atoms with E-state index in [1.807, 2.05) is 47.8 Å². The molecule has 0 bridgehead atoms. The maximum atomic E-state index is 13.0. The van der Waals surface area contributed by atoms with Crippen LogP contribution in [0.5, 0.6) is 0 Å². The number of piperidine rings is 1. The minimum atomic E-state index is -0.209. The molecule has 0 spiro atoms. The van der Waals surface area contributed by atoms with Gasteiger partial charge in [-0.3, -0.25) is 9.59 Å². The summed E-state index contributed by atoms with van der Waals surface area (Å²) < 4.78 is 6.81. The largest absolute Gasteiger partial charge is 0.466 e. The fourth-order valence-electron chi connectivity index (χ4n) is 3.44. The predicted octanol–water partition coefficient (Wildman–Crippen LogP) is 3.41. The van der Waals surface area contributed by atoms with Crippen molar-refractivity contribution in [3.8, 4) is 16.4 Å². The van der Waals surface area contributed by atoms with E-state index in [9.17, 15) is 9.59 Å². The molecule has 4 rings (SSSR count). The fourth-order valence-corrected chi connectivity index (χ4v) is 4.14. The summed E-state index contributed by atoms with van der Waals surface area (Å²) >= 11 is 1.55. The van der Waals surface area contributed by atoms with Crippen molar-refractivity contribution in [1.29, 1.82) is 0 Å². The summed E-state index contributed by atoms with van der Waals surface area (Å²) in [4.78, 5) is 32.2. The highest BCUT2D eigenvalue weighted by Gasteiger charge is 2.31. The van der Waals surface area contributed by atoms with Crippen molar-refractivity contribution in [3.63, 3.8) is 0 Å². The Kier molecular flexibility index (Phi) is 5.71. The molecule has 1 fully saturated rings. The van der Waals surface area contributed by atoms with Crippen molar-refractivity contribution in [2.75, 3.05) is 19.7 Å². The predicted molar refractivity (Wildman–Crippen MR) is 110 cm³/mol. The molecule has 1 amide bonds. The zero-order chi connectivity index (χ0) is 20.2. The highest BCUT2D eigenvalue weighted by atomic mass is 32.1. The number of likely N-dealkylation sites (tertiary alicyclic amines) is 1. The maximum absolute atomic E-state index is 13.0. The number of esters is 1. The molecule has 3 heterocycles. The number of amides is 1. The Labute approximate surface area is 172 Å². The first-order valence-electron chi connectivity index (χ1n) is 9.69. The van der Waals surface area contributed by atoms with Crippen molar-refractivity contribution >= 4 is 23.2 Å². The van der Waals surface area contributed by atoms with Gasteiger partial charge in [0.15, 0.2) is 5.82 Å². The van der Waals surface area contributed by atoms with Crippen molar-refractivity contribution in [3.05, 3.63) is 53.7 Å². The fraction of sp³-hybridized carbons (Fsp3) is 0.333. The number of nitrogens with zero attached hydrogens (tertiary/aromatic N) is 4. The Morgan fingerprint density at radius 1 is 1.14 bits per heavy atom. The second-order valence-electron chi connectivity index (χ2n) is 6.80. The number of thiophene rings is 1. The molecule has 0 unspecified atom stereocenters. The summed E-state index contributed by atoms with van der Waals surface area (Å²) in [6.45, 7) is 3.17. The van der Waals surface area contributed by atoms with E-state index >= 15 is 0 Å². The average Bonchev–Trinajstić information content (AvgIpc) is 3.44. The topological polar surface area (TPSA) is 77.3 Å². The molecule has 8 heteroatoms. The molecule has 7 nitrogen and oxygen atoms in total. The zero-order valence-electron chi connectivity index (χ0n) is 16.2. The van der Waals surface area contributed by atoms with Crippen molar-refractivity contribution in [2.45, 2.75) is 19.8 Å². The van der Waals surface area contributed by atoms with Crippen LogP contribution in [0.4, 0.5) is 0 Å². The van der Waals surface area contributed by atoms with E-state index in [-0.39, 0.29) is 23.6 Å². The first-order valence-corrected chi connectivity index (χ1v) is 10.6. The lowest BCUT2D eigenvalue weighted by atomic mass is 9.97. The van der Waals surface area contributed by atoms with E-state index in [2.05, 4.69) is 10.1 Å². The molecule has 2 aromatic heterocycles. The molecule has 1 aliphatic heterocycles. The van der Waals surface area contributed by atoms with E-state index in [0.29, 0.717) is 38.4 Å². The van der Waals surface area contributed by atoms with Gasteiger partial charge in [0.1, 0.15) is 0 Å². The molecule has 1 saturated heterocycles. The van der Waals surface area contributed by atoms with E-state index in [1.54, 1.807) is 27.8 Å². The van der Waals surface area contributed by atoms with Gasteiger partial charge < -0.3 is 9.64 Å². The van der Waals surface area contributed by atoms with Gasteiger partial charge in [-0.05, 0) is 43.3 Å². The number of aromatic nitrogens is 3. The summed E-state index contributed by atoms with van der Waals surface area (Å²) in [5.41, 5.74) is 0.850. The summed E-state index contributed by atoms with van der Waals surface area (Å²) in [5.74, 6) is 0.296. The maximum Gasteiger partial charge on any atom is 0.309 e. The van der Waals surface area contributed by atoms with Gasteiger partial charge in [-0.25, -0.2) is 9.67 Å². The molecular weight excluding hydrogens is 388 g/mol. The number of benzene rings is 1. The quantitative estimate of drug-likeness (QED) is 0.603. The van der Waals surface area contributed by atoms with E-state index in [4.69, 9.17) is 4.74 Å². The van der Waals surface area contributed by atoms with Crippen molar-refractivity contribution in [2.24, 2.45) is 5.92 Å². The van der Waals surface area contributed by atoms with Crippen molar-refractivity contribution in [1.82, 2.24) is 19.7 Å². The monoisotopic (exact) mass is 410 g/mol. The highest BCUT2D eigenvalue weighted by Crippen LogP contribution is 2.26. The molecule has 0 N–H and O–H groups in total. The van der Waals surface area contributed by atoms with Crippen LogP contribution in [0.25, 0.3) is 16.4 Å². The van der Waals surface area contributed by atoms with E-state index < -0.39 is 0 Å². The van der Waals surface area contributed by atoms with E-state index in [0.717, 1.165) is 10.6 Å². The average molecular weight is 410 g/mol. The standard InChI is InChI=1S/C21H22N4O3S/c1-2-28-21(27)15-10-12-24(13-11-15)20(26)18-22-19(17-9-6-14-29-17)25(23-18)16-7-4-3-5-8-16/h3-9,14-15H,2,10-13H2,1H3. The highest BCUT2D eigenvalue weighted by molar-refractivity contribution is 7.13. The first kappa shape index (κ1) is 19.3. The number of ether oxygens (including phenoxy) is 1. The van der Waals surface area contributed by atoms with Gasteiger partial charge in [0, 0.05) is 13.1 Å². The molecular formula is C21H22N4O3S. The van der Waals surface area contributed by atoms with Crippen LogP contribution >= 0.6 is 11.3 Å². The molecule has 3 aromatic rings. The normalized spacial score (nSPS) is 14.7. The van der Waals surface area contributed by atoms with Crippen LogP contribution in [0.2, 0.25) is 0 Å². The third-order valence-corrected chi connectivity index (χ3v) is 5.81. The van der Waals surface area contributed by atoms with Crippen LogP contribution in [-0.2, 0) is 9.53 Å². The lowest BCUT2D eigenvalue weighted by Crippen LogP contribution is -2.41. The lowest BCUT2D eigenvalue weighted by molar-refractivity contribution is -0.149. The van der Waals surface area contributed by atoms with Crippen LogP contribution in [0.1, 0.15) is 30.4 Å². The third-order valence-electron chi connectivity index (χ3n) is 4.94. The van der Waals surface area contributed by atoms with E-state index in [1.165, 1.54) is 0 Å². The van der Waals surface area contributed by atoms with Gasteiger partial charge in [-0.2, -0.15) is 0 Å². The molecule has 0 atom stereocenters. The summed E-state index contributed by atoms with van der Waals surface area (Å²) in [6, 6.07) is 13.6. The van der Waals surface area contributed by atoms with Crippen LogP contribution in [0.3, 0.4) is 0 Å². The molecule has 1 aromatic carbocycles. The van der Waals surface area contributed by atoms with Gasteiger partial charge in [-0.15, -0.1) is 16.4 Å². The minimum absolute atomic E-state index is 0.143. The lowest BCUT2D eigenvalue weighted by Gasteiger charge is -2.30. The Balaban J connectivity index is 1.56. The SMILES string of the molecule is CCOC(=O)C1CCN(C(=O)c2nc(-c3cccs3)n(-c3ccccc3)n2)CC1. The number of para-hydroxylation sites is 1. The number of hydrogen-bond acceptors (Lipinski definition) is 6. The number of carbonyl (C=O) groups is 2. The van der Waals surface area contributed by atoms with Gasteiger partial charge in [0.2, 0.25) is 5.82 Å². The van der Waals surface area contributed by atoms with Crippen LogP contribution < -0.4 is 0 Å². The molecule has 0 aliphatic carbocycles. The number of carbonyl (C=O) groups excluding carboxylic acids is 2. The molecule has 0 saturated carbocycles. The Hall–Kier alpha value is -3.00. The Bertz CT molecular complexity index is 977. The minimum Gasteiger partial charge on any atom is -0.466 e. The van der Waals surface area contributed by atoms with Gasteiger partial charge in [0.05, 0.1) is 23.1 Å². The summed E-state index contributed by atoms with van der Waals surface area (Å²) in [7, 11) is 0. The number of rotatable bonds is 5. The Morgan fingerprint density at radius 3 is 2.55 bits per heavy atom.